The van der Waals surface area contributed by atoms with Crippen LogP contribution in [0.3, 0.4) is 0 Å². The van der Waals surface area contributed by atoms with Gasteiger partial charge in [0.1, 0.15) is 0 Å². The zero-order valence-electron chi connectivity index (χ0n) is 16.7. The summed E-state index contributed by atoms with van der Waals surface area (Å²) >= 11 is 1.46. The predicted octanol–water partition coefficient (Wildman–Crippen LogP) is 8.15. The fourth-order valence-corrected chi connectivity index (χ4v) is 4.77. The van der Waals surface area contributed by atoms with E-state index in [0.29, 0.717) is 6.61 Å². The summed E-state index contributed by atoms with van der Waals surface area (Å²) in [6, 6.07) is 19.4. The topological polar surface area (TPSA) is 9.23 Å². The van der Waals surface area contributed by atoms with Gasteiger partial charge < -0.3 is 4.18 Å². The first-order chi connectivity index (χ1) is 13.3. The molecular formula is C25H34OS. The highest BCUT2D eigenvalue weighted by molar-refractivity contribution is 7.94. The van der Waals surface area contributed by atoms with Crippen molar-refractivity contribution >= 4 is 12.0 Å². The predicted molar refractivity (Wildman–Crippen MR) is 117 cm³/mol. The fraction of sp³-hybridized carbons (Fsp3) is 0.520. The summed E-state index contributed by atoms with van der Waals surface area (Å²) < 4.78 is 5.78. The summed E-state index contributed by atoms with van der Waals surface area (Å²) in [7, 11) is 0. The summed E-state index contributed by atoms with van der Waals surface area (Å²) in [5.41, 5.74) is 2.78. The standard InChI is InChI=1S/C25H34OS/c1-2-3-4-6-9-21-12-16-23(17-13-21)24-18-14-22(15-19-24)20-26-27-25-10-7-5-8-11-25/h5,7-8,10-11,14-15,18-19,21,23H,2-4,6,9,12-13,16-17,20H2,1H3. The Bertz CT molecular complexity index is 629. The number of hydrogen-bond donors (Lipinski definition) is 0. The number of hydrogen-bond acceptors (Lipinski definition) is 2. The van der Waals surface area contributed by atoms with Crippen LogP contribution in [-0.4, -0.2) is 0 Å². The molecule has 0 radical (unpaired) electrons. The van der Waals surface area contributed by atoms with Gasteiger partial charge in [0.15, 0.2) is 0 Å². The molecule has 1 nitrogen and oxygen atoms in total. The van der Waals surface area contributed by atoms with Crippen molar-refractivity contribution in [2.45, 2.75) is 82.1 Å². The van der Waals surface area contributed by atoms with E-state index in [-0.39, 0.29) is 0 Å². The first-order valence-electron chi connectivity index (χ1n) is 10.8. The highest BCUT2D eigenvalue weighted by Crippen LogP contribution is 2.37. The second-order valence-electron chi connectivity index (χ2n) is 7.97. The highest BCUT2D eigenvalue weighted by atomic mass is 32.2. The van der Waals surface area contributed by atoms with Crippen molar-refractivity contribution < 1.29 is 4.18 Å². The van der Waals surface area contributed by atoms with Crippen molar-refractivity contribution in [3.8, 4) is 0 Å². The first-order valence-corrected chi connectivity index (χ1v) is 11.5. The van der Waals surface area contributed by atoms with Crippen molar-refractivity contribution in [1.29, 1.82) is 0 Å². The lowest BCUT2D eigenvalue weighted by molar-refractivity contribution is 0.302. The lowest BCUT2D eigenvalue weighted by Crippen LogP contribution is -2.13. The summed E-state index contributed by atoms with van der Waals surface area (Å²) in [4.78, 5) is 1.15. The van der Waals surface area contributed by atoms with Gasteiger partial charge in [0.25, 0.3) is 0 Å². The van der Waals surface area contributed by atoms with Crippen LogP contribution in [0.15, 0.2) is 59.5 Å². The van der Waals surface area contributed by atoms with Crippen LogP contribution in [0.25, 0.3) is 0 Å². The van der Waals surface area contributed by atoms with Crippen LogP contribution in [0, 0.1) is 5.92 Å². The molecule has 2 aromatic rings. The molecule has 1 aliphatic carbocycles. The van der Waals surface area contributed by atoms with E-state index >= 15 is 0 Å². The summed E-state index contributed by atoms with van der Waals surface area (Å²) in [5, 5.41) is 0. The maximum absolute atomic E-state index is 5.78. The van der Waals surface area contributed by atoms with Crippen molar-refractivity contribution in [1.82, 2.24) is 0 Å². The molecule has 0 spiro atoms. The van der Waals surface area contributed by atoms with Gasteiger partial charge in [-0.15, -0.1) is 0 Å². The molecule has 0 amide bonds. The molecule has 0 aliphatic heterocycles. The average Bonchev–Trinajstić information content (AvgIpc) is 2.73. The lowest BCUT2D eigenvalue weighted by Gasteiger charge is -2.29. The molecule has 1 aliphatic rings. The molecule has 0 aromatic heterocycles. The van der Waals surface area contributed by atoms with E-state index in [1.54, 1.807) is 0 Å². The zero-order chi connectivity index (χ0) is 18.7. The Balaban J connectivity index is 1.38. The van der Waals surface area contributed by atoms with Gasteiger partial charge in [0, 0.05) is 16.9 Å². The monoisotopic (exact) mass is 382 g/mol. The maximum Gasteiger partial charge on any atom is 0.0869 e. The Kier molecular flexibility index (Phi) is 8.77. The summed E-state index contributed by atoms with van der Waals surface area (Å²) in [6.45, 7) is 2.95. The molecule has 0 bridgehead atoms. The smallest absolute Gasteiger partial charge is 0.0869 e. The molecular weight excluding hydrogens is 348 g/mol. The van der Waals surface area contributed by atoms with E-state index in [1.165, 1.54) is 81.0 Å². The van der Waals surface area contributed by atoms with Gasteiger partial charge in [-0.25, -0.2) is 0 Å². The van der Waals surface area contributed by atoms with Crippen LogP contribution in [-0.2, 0) is 10.8 Å². The molecule has 27 heavy (non-hydrogen) atoms. The molecule has 146 valence electrons. The minimum absolute atomic E-state index is 0.657. The minimum atomic E-state index is 0.657. The van der Waals surface area contributed by atoms with Crippen LogP contribution in [0.2, 0.25) is 0 Å². The molecule has 1 fully saturated rings. The maximum atomic E-state index is 5.78. The molecule has 0 saturated heterocycles. The van der Waals surface area contributed by atoms with Gasteiger partial charge >= 0.3 is 0 Å². The van der Waals surface area contributed by atoms with Crippen molar-refractivity contribution in [3.63, 3.8) is 0 Å². The summed E-state index contributed by atoms with van der Waals surface area (Å²) in [5.74, 6) is 1.76. The summed E-state index contributed by atoms with van der Waals surface area (Å²) in [6.07, 6.45) is 12.7. The molecule has 0 unspecified atom stereocenters. The molecule has 0 heterocycles. The van der Waals surface area contributed by atoms with Crippen LogP contribution in [0.4, 0.5) is 0 Å². The average molecular weight is 383 g/mol. The second kappa shape index (κ2) is 11.6. The van der Waals surface area contributed by atoms with Gasteiger partial charge in [-0.05, 0) is 60.8 Å². The molecule has 1 saturated carbocycles. The van der Waals surface area contributed by atoms with Gasteiger partial charge in [0.05, 0.1) is 6.61 Å². The molecule has 3 rings (SSSR count). The number of benzene rings is 2. The Hall–Kier alpha value is -1.25. The molecule has 2 aromatic carbocycles. The molecule has 0 atom stereocenters. The van der Waals surface area contributed by atoms with E-state index in [2.05, 4.69) is 43.3 Å². The van der Waals surface area contributed by atoms with Gasteiger partial charge in [-0.3, -0.25) is 0 Å². The third-order valence-electron chi connectivity index (χ3n) is 5.89. The Morgan fingerprint density at radius 1 is 0.852 bits per heavy atom. The molecule has 2 heteroatoms. The fourth-order valence-electron chi connectivity index (χ4n) is 4.17. The van der Waals surface area contributed by atoms with Crippen molar-refractivity contribution in [2.75, 3.05) is 0 Å². The Morgan fingerprint density at radius 3 is 2.30 bits per heavy atom. The van der Waals surface area contributed by atoms with Crippen molar-refractivity contribution in [2.24, 2.45) is 5.92 Å². The first kappa shape index (κ1) is 20.5. The van der Waals surface area contributed by atoms with E-state index in [4.69, 9.17) is 4.18 Å². The van der Waals surface area contributed by atoms with E-state index in [9.17, 15) is 0 Å². The van der Waals surface area contributed by atoms with Crippen LogP contribution >= 0.6 is 12.0 Å². The zero-order valence-corrected chi connectivity index (χ0v) is 17.6. The quantitative estimate of drug-likeness (QED) is 0.303. The van der Waals surface area contributed by atoms with Crippen LogP contribution in [0.5, 0.6) is 0 Å². The Morgan fingerprint density at radius 2 is 1.59 bits per heavy atom. The number of rotatable bonds is 10. The van der Waals surface area contributed by atoms with E-state index in [1.807, 2.05) is 18.2 Å². The van der Waals surface area contributed by atoms with Gasteiger partial charge in [-0.1, -0.05) is 81.5 Å². The minimum Gasteiger partial charge on any atom is -0.305 e. The van der Waals surface area contributed by atoms with E-state index < -0.39 is 0 Å². The van der Waals surface area contributed by atoms with Crippen molar-refractivity contribution in [3.05, 3.63) is 65.7 Å². The Labute approximate surface area is 170 Å². The number of unbranched alkanes of at least 4 members (excludes halogenated alkanes) is 3. The third-order valence-corrected chi connectivity index (χ3v) is 6.59. The molecule has 0 N–H and O–H groups in total. The van der Waals surface area contributed by atoms with Crippen LogP contribution < -0.4 is 0 Å². The van der Waals surface area contributed by atoms with E-state index in [0.717, 1.165) is 16.7 Å². The third kappa shape index (κ3) is 7.01. The van der Waals surface area contributed by atoms with Gasteiger partial charge in [0.2, 0.25) is 0 Å². The largest absolute Gasteiger partial charge is 0.305 e. The van der Waals surface area contributed by atoms with Crippen LogP contribution in [0.1, 0.15) is 81.8 Å². The lowest BCUT2D eigenvalue weighted by atomic mass is 9.77. The van der Waals surface area contributed by atoms with Gasteiger partial charge in [-0.2, -0.15) is 0 Å². The normalized spacial score (nSPS) is 19.9. The SMILES string of the molecule is CCCCCCC1CCC(c2ccc(COSc3ccccc3)cc2)CC1. The highest BCUT2D eigenvalue weighted by Gasteiger charge is 2.21. The second-order valence-corrected chi connectivity index (χ2v) is 8.84.